The van der Waals surface area contributed by atoms with Crippen molar-refractivity contribution < 1.29 is 9.53 Å². The van der Waals surface area contributed by atoms with Crippen LogP contribution in [0.1, 0.15) is 13.8 Å². The summed E-state index contributed by atoms with van der Waals surface area (Å²) in [6.45, 7) is 3.76. The van der Waals surface area contributed by atoms with E-state index in [-0.39, 0.29) is 5.97 Å². The van der Waals surface area contributed by atoms with Gasteiger partial charge in [-0.3, -0.25) is 0 Å². The monoisotopic (exact) mass is 148 g/mol. The fourth-order valence-corrected chi connectivity index (χ4v) is 0.435. The highest BCUT2D eigenvalue weighted by Crippen LogP contribution is 1.97. The van der Waals surface area contributed by atoms with Gasteiger partial charge in [-0.1, -0.05) is 11.6 Å². The van der Waals surface area contributed by atoms with Gasteiger partial charge < -0.3 is 4.74 Å². The third-order valence-corrected chi connectivity index (χ3v) is 0.712. The minimum Gasteiger partial charge on any atom is -0.463 e. The minimum absolute atomic E-state index is 0.384. The molecule has 0 radical (unpaired) electrons. The molecule has 0 rings (SSSR count). The van der Waals surface area contributed by atoms with Crippen LogP contribution in [0.5, 0.6) is 0 Å². The molecule has 0 bridgehead atoms. The number of rotatable bonds is 2. The van der Waals surface area contributed by atoms with Crippen LogP contribution in [0.4, 0.5) is 0 Å². The molecule has 0 aliphatic rings. The largest absolute Gasteiger partial charge is 0.463 e. The number of halogens is 1. The highest BCUT2D eigenvalue weighted by Gasteiger charge is 1.93. The second kappa shape index (κ2) is 4.39. The second-order valence-electron chi connectivity index (χ2n) is 1.48. The average Bonchev–Trinajstić information content (AvgIpc) is 1.63. The van der Waals surface area contributed by atoms with Crippen molar-refractivity contribution in [1.29, 1.82) is 0 Å². The van der Waals surface area contributed by atoms with Gasteiger partial charge in [-0.2, -0.15) is 0 Å². The normalized spacial score (nSPS) is 11.2. The summed E-state index contributed by atoms with van der Waals surface area (Å²) in [7, 11) is 0. The minimum atomic E-state index is -0.384. The SMILES string of the molecule is CCOC(=O)/C=C(/C)Cl. The van der Waals surface area contributed by atoms with Crippen LogP contribution < -0.4 is 0 Å². The molecule has 0 aliphatic carbocycles. The maximum atomic E-state index is 10.5. The molecule has 52 valence electrons. The van der Waals surface area contributed by atoms with Crippen LogP contribution in [0, 0.1) is 0 Å². The van der Waals surface area contributed by atoms with E-state index >= 15 is 0 Å². The van der Waals surface area contributed by atoms with Gasteiger partial charge in [0.25, 0.3) is 0 Å². The lowest BCUT2D eigenvalue weighted by Crippen LogP contribution is -1.98. The highest BCUT2D eigenvalue weighted by molar-refractivity contribution is 6.30. The van der Waals surface area contributed by atoms with E-state index in [0.717, 1.165) is 0 Å². The van der Waals surface area contributed by atoms with Crippen LogP contribution in [0.2, 0.25) is 0 Å². The number of hydrogen-bond acceptors (Lipinski definition) is 2. The maximum absolute atomic E-state index is 10.5. The average molecular weight is 149 g/mol. The molecule has 3 heteroatoms. The van der Waals surface area contributed by atoms with Crippen molar-refractivity contribution in [2.75, 3.05) is 6.61 Å². The Morgan fingerprint density at radius 2 is 2.33 bits per heavy atom. The molecule has 0 aromatic carbocycles. The van der Waals surface area contributed by atoms with Gasteiger partial charge in [-0.25, -0.2) is 4.79 Å². The Labute approximate surface area is 59.5 Å². The van der Waals surface area contributed by atoms with Gasteiger partial charge in [0, 0.05) is 11.1 Å². The molecule has 0 saturated carbocycles. The summed E-state index contributed by atoms with van der Waals surface area (Å²) in [5.74, 6) is -0.384. The van der Waals surface area contributed by atoms with Crippen LogP contribution in [0.15, 0.2) is 11.1 Å². The van der Waals surface area contributed by atoms with E-state index in [1.54, 1.807) is 13.8 Å². The lowest BCUT2D eigenvalue weighted by molar-refractivity contribution is -0.137. The topological polar surface area (TPSA) is 26.3 Å². The predicted molar refractivity (Wildman–Crippen MR) is 36.2 cm³/mol. The first kappa shape index (κ1) is 8.50. The van der Waals surface area contributed by atoms with Crippen LogP contribution >= 0.6 is 11.6 Å². The Morgan fingerprint density at radius 3 is 2.67 bits per heavy atom. The summed E-state index contributed by atoms with van der Waals surface area (Å²) < 4.78 is 4.55. The van der Waals surface area contributed by atoms with E-state index in [0.29, 0.717) is 11.6 Å². The summed E-state index contributed by atoms with van der Waals surface area (Å²) in [5.41, 5.74) is 0. The summed E-state index contributed by atoms with van der Waals surface area (Å²) >= 11 is 5.37. The van der Waals surface area contributed by atoms with Crippen molar-refractivity contribution in [3.8, 4) is 0 Å². The van der Waals surface area contributed by atoms with Crippen LogP contribution in [-0.2, 0) is 9.53 Å². The lowest BCUT2D eigenvalue weighted by atomic mass is 10.5. The van der Waals surface area contributed by atoms with Crippen molar-refractivity contribution in [2.45, 2.75) is 13.8 Å². The van der Waals surface area contributed by atoms with Gasteiger partial charge in [0.05, 0.1) is 6.61 Å². The van der Waals surface area contributed by atoms with Crippen molar-refractivity contribution in [2.24, 2.45) is 0 Å². The summed E-state index contributed by atoms with van der Waals surface area (Å²) in [6, 6.07) is 0. The van der Waals surface area contributed by atoms with E-state index in [2.05, 4.69) is 4.74 Å². The van der Waals surface area contributed by atoms with E-state index in [1.165, 1.54) is 6.08 Å². The molecule has 0 aromatic heterocycles. The molecule has 0 aromatic rings. The number of ether oxygens (including phenoxy) is 1. The molecule has 0 amide bonds. The smallest absolute Gasteiger partial charge is 0.331 e. The quantitative estimate of drug-likeness (QED) is 0.440. The van der Waals surface area contributed by atoms with Crippen molar-refractivity contribution in [3.05, 3.63) is 11.1 Å². The second-order valence-corrected chi connectivity index (χ2v) is 2.08. The van der Waals surface area contributed by atoms with Crippen molar-refractivity contribution in [1.82, 2.24) is 0 Å². The fraction of sp³-hybridized carbons (Fsp3) is 0.500. The molecule has 0 fully saturated rings. The summed E-state index contributed by atoms with van der Waals surface area (Å²) in [5, 5.41) is 0.438. The Bertz CT molecular complexity index is 125. The molecule has 9 heavy (non-hydrogen) atoms. The first-order valence-electron chi connectivity index (χ1n) is 2.67. The highest BCUT2D eigenvalue weighted by atomic mass is 35.5. The van der Waals surface area contributed by atoms with Crippen LogP contribution in [0.3, 0.4) is 0 Å². The number of carbonyl (C=O) groups excluding carboxylic acids is 1. The summed E-state index contributed by atoms with van der Waals surface area (Å²) in [4.78, 5) is 10.5. The Kier molecular flexibility index (Phi) is 4.14. The maximum Gasteiger partial charge on any atom is 0.331 e. The molecule has 0 atom stereocenters. The molecule has 0 saturated heterocycles. The lowest BCUT2D eigenvalue weighted by Gasteiger charge is -1.93. The molecule has 0 N–H and O–H groups in total. The molecule has 2 nitrogen and oxygen atoms in total. The number of carbonyl (C=O) groups is 1. The predicted octanol–water partition coefficient (Wildman–Crippen LogP) is 1.69. The molecule has 0 heterocycles. The Morgan fingerprint density at radius 1 is 1.78 bits per heavy atom. The molecular weight excluding hydrogens is 140 g/mol. The first-order chi connectivity index (χ1) is 4.16. The zero-order valence-corrected chi connectivity index (χ0v) is 6.23. The Balaban J connectivity index is 3.63. The third kappa shape index (κ3) is 5.37. The van der Waals surface area contributed by atoms with Crippen molar-refractivity contribution >= 4 is 17.6 Å². The van der Waals surface area contributed by atoms with E-state index in [1.807, 2.05) is 0 Å². The summed E-state index contributed by atoms with van der Waals surface area (Å²) in [6.07, 6.45) is 1.24. The van der Waals surface area contributed by atoms with Gasteiger partial charge in [0.1, 0.15) is 0 Å². The van der Waals surface area contributed by atoms with Crippen LogP contribution in [0.25, 0.3) is 0 Å². The van der Waals surface area contributed by atoms with E-state index in [9.17, 15) is 4.79 Å². The van der Waals surface area contributed by atoms with Gasteiger partial charge in [-0.05, 0) is 13.8 Å². The molecule has 0 aliphatic heterocycles. The van der Waals surface area contributed by atoms with Gasteiger partial charge >= 0.3 is 5.97 Å². The number of allylic oxidation sites excluding steroid dienone is 1. The molecule has 0 spiro atoms. The third-order valence-electron chi connectivity index (χ3n) is 0.603. The van der Waals surface area contributed by atoms with Gasteiger partial charge in [0.2, 0.25) is 0 Å². The van der Waals surface area contributed by atoms with E-state index < -0.39 is 0 Å². The van der Waals surface area contributed by atoms with Gasteiger partial charge in [-0.15, -0.1) is 0 Å². The Hall–Kier alpha value is -0.500. The van der Waals surface area contributed by atoms with Crippen LogP contribution in [-0.4, -0.2) is 12.6 Å². The van der Waals surface area contributed by atoms with E-state index in [4.69, 9.17) is 11.6 Å². The zero-order valence-electron chi connectivity index (χ0n) is 5.48. The fourth-order valence-electron chi connectivity index (χ4n) is 0.346. The molecule has 0 unspecified atom stereocenters. The zero-order chi connectivity index (χ0) is 7.28. The number of hydrogen-bond donors (Lipinski definition) is 0. The van der Waals surface area contributed by atoms with Gasteiger partial charge in [0.15, 0.2) is 0 Å². The van der Waals surface area contributed by atoms with Crippen molar-refractivity contribution in [3.63, 3.8) is 0 Å². The molecular formula is C6H9ClO2. The number of esters is 1. The first-order valence-corrected chi connectivity index (χ1v) is 3.05. The standard InChI is InChI=1S/C6H9ClO2/c1-3-9-6(8)4-5(2)7/h4H,3H2,1-2H3/b5-4-.